The first-order chi connectivity index (χ1) is 13.2. The van der Waals surface area contributed by atoms with E-state index in [0.717, 1.165) is 11.8 Å². The molecule has 0 atom stereocenters. The van der Waals surface area contributed by atoms with Crippen LogP contribution >= 0.6 is 0 Å². The molecule has 0 bridgehead atoms. The lowest BCUT2D eigenvalue weighted by Crippen LogP contribution is -2.30. The van der Waals surface area contributed by atoms with Crippen molar-refractivity contribution >= 4 is 33.3 Å². The summed E-state index contributed by atoms with van der Waals surface area (Å²) in [6, 6.07) is 21.3. The van der Waals surface area contributed by atoms with E-state index in [4.69, 9.17) is 0 Å². The number of hydrogen-bond donors (Lipinski definition) is 3. The molecule has 0 spiro atoms. The Labute approximate surface area is 156 Å². The Morgan fingerprint density at radius 2 is 1.74 bits per heavy atom. The molecule has 1 heterocycles. The molecule has 4 rings (SSSR count). The quantitative estimate of drug-likeness (QED) is 0.515. The zero-order chi connectivity index (χ0) is 18.6. The van der Waals surface area contributed by atoms with Gasteiger partial charge in [0.05, 0.1) is 0 Å². The first-order valence-corrected chi connectivity index (χ1v) is 8.83. The third kappa shape index (κ3) is 3.82. The van der Waals surface area contributed by atoms with E-state index < -0.39 is 0 Å². The van der Waals surface area contributed by atoms with Crippen LogP contribution < -0.4 is 16.2 Å². The Morgan fingerprint density at radius 3 is 2.63 bits per heavy atom. The Hall–Kier alpha value is -3.60. The molecule has 0 aliphatic carbocycles. The lowest BCUT2D eigenvalue weighted by molar-refractivity contribution is 0.252. The second-order valence-corrected chi connectivity index (χ2v) is 6.42. The number of anilines is 1. The summed E-state index contributed by atoms with van der Waals surface area (Å²) >= 11 is 0. The normalized spacial score (nSPS) is 10.8. The summed E-state index contributed by atoms with van der Waals surface area (Å²) in [6.07, 6.45) is 2.35. The van der Waals surface area contributed by atoms with Crippen LogP contribution in [0.1, 0.15) is 5.56 Å². The van der Waals surface area contributed by atoms with Gasteiger partial charge in [-0.25, -0.2) is 4.79 Å². The highest BCUT2D eigenvalue weighted by Gasteiger charge is 2.04. The number of urea groups is 1. The van der Waals surface area contributed by atoms with Gasteiger partial charge in [-0.15, -0.1) is 0 Å². The number of rotatable bonds is 4. The zero-order valence-corrected chi connectivity index (χ0v) is 14.7. The third-order valence-corrected chi connectivity index (χ3v) is 4.54. The minimum absolute atomic E-state index is 0.140. The summed E-state index contributed by atoms with van der Waals surface area (Å²) in [5, 5.41) is 9.47. The molecule has 4 aromatic rings. The summed E-state index contributed by atoms with van der Waals surface area (Å²) in [4.78, 5) is 26.5. The predicted molar refractivity (Wildman–Crippen MR) is 109 cm³/mol. The van der Waals surface area contributed by atoms with E-state index in [1.54, 1.807) is 30.5 Å². The van der Waals surface area contributed by atoms with E-state index in [9.17, 15) is 9.59 Å². The molecule has 0 saturated carbocycles. The van der Waals surface area contributed by atoms with Gasteiger partial charge in [-0.05, 0) is 52.4 Å². The molecule has 0 aliphatic heterocycles. The Morgan fingerprint density at radius 1 is 0.889 bits per heavy atom. The third-order valence-electron chi connectivity index (χ3n) is 4.54. The van der Waals surface area contributed by atoms with E-state index in [1.807, 2.05) is 12.1 Å². The van der Waals surface area contributed by atoms with Crippen molar-refractivity contribution in [1.29, 1.82) is 0 Å². The highest BCUT2D eigenvalue weighted by molar-refractivity contribution is 5.93. The van der Waals surface area contributed by atoms with Gasteiger partial charge in [0.15, 0.2) is 0 Å². The number of carbonyl (C=O) groups is 1. The molecule has 0 unspecified atom stereocenters. The summed E-state index contributed by atoms with van der Waals surface area (Å²) in [5.41, 5.74) is 1.69. The fourth-order valence-corrected chi connectivity index (χ4v) is 3.16. The SMILES string of the molecule is O=C(NCCc1ccc2ccccc2c1)Nc1ccc2c(=O)[nH]ccc2c1. The zero-order valence-electron chi connectivity index (χ0n) is 14.7. The van der Waals surface area contributed by atoms with Gasteiger partial charge in [0, 0.05) is 23.8 Å². The van der Waals surface area contributed by atoms with Crippen molar-refractivity contribution < 1.29 is 4.79 Å². The number of carbonyl (C=O) groups excluding carboxylic acids is 1. The topological polar surface area (TPSA) is 74.0 Å². The van der Waals surface area contributed by atoms with Crippen molar-refractivity contribution in [3.8, 4) is 0 Å². The van der Waals surface area contributed by atoms with Crippen LogP contribution in [0.25, 0.3) is 21.5 Å². The minimum Gasteiger partial charge on any atom is -0.338 e. The standard InChI is InChI=1S/C22H19N3O2/c26-21-20-8-7-19(14-18(20)10-12-23-21)25-22(27)24-11-9-15-5-6-16-3-1-2-4-17(16)13-15/h1-8,10,12-14H,9,11H2,(H,23,26)(H2,24,25,27). The van der Waals surface area contributed by atoms with E-state index in [-0.39, 0.29) is 11.6 Å². The van der Waals surface area contributed by atoms with E-state index >= 15 is 0 Å². The molecular formula is C22H19N3O2. The van der Waals surface area contributed by atoms with Crippen LogP contribution in [0.3, 0.4) is 0 Å². The van der Waals surface area contributed by atoms with Gasteiger partial charge in [-0.1, -0.05) is 42.5 Å². The number of H-pyrrole nitrogens is 1. The first kappa shape index (κ1) is 16.8. The molecule has 2 amide bonds. The maximum atomic E-state index is 12.1. The van der Waals surface area contributed by atoms with Crippen molar-refractivity contribution in [1.82, 2.24) is 10.3 Å². The van der Waals surface area contributed by atoms with Gasteiger partial charge >= 0.3 is 6.03 Å². The molecule has 134 valence electrons. The molecule has 0 aliphatic rings. The van der Waals surface area contributed by atoms with Crippen molar-refractivity contribution in [3.05, 3.63) is 88.8 Å². The monoisotopic (exact) mass is 357 g/mol. The Balaban J connectivity index is 1.36. The number of benzene rings is 3. The molecule has 3 N–H and O–H groups in total. The van der Waals surface area contributed by atoms with Crippen LogP contribution in [0.4, 0.5) is 10.5 Å². The lowest BCUT2D eigenvalue weighted by Gasteiger charge is -2.09. The molecule has 27 heavy (non-hydrogen) atoms. The summed E-state index contributed by atoms with van der Waals surface area (Å²) in [5.74, 6) is 0. The van der Waals surface area contributed by atoms with Gasteiger partial charge in [0.25, 0.3) is 5.56 Å². The fraction of sp³-hybridized carbons (Fsp3) is 0.0909. The van der Waals surface area contributed by atoms with Crippen LogP contribution in [0, 0.1) is 0 Å². The van der Waals surface area contributed by atoms with Gasteiger partial charge in [0.2, 0.25) is 0 Å². The van der Waals surface area contributed by atoms with Crippen LogP contribution in [-0.2, 0) is 6.42 Å². The number of aromatic nitrogens is 1. The molecule has 3 aromatic carbocycles. The van der Waals surface area contributed by atoms with Gasteiger partial charge in [0.1, 0.15) is 0 Å². The number of hydrogen-bond acceptors (Lipinski definition) is 2. The van der Waals surface area contributed by atoms with Crippen molar-refractivity contribution in [2.24, 2.45) is 0 Å². The maximum Gasteiger partial charge on any atom is 0.319 e. The van der Waals surface area contributed by atoms with Gasteiger partial charge in [-0.3, -0.25) is 4.79 Å². The van der Waals surface area contributed by atoms with Crippen molar-refractivity contribution in [3.63, 3.8) is 0 Å². The average molecular weight is 357 g/mol. The minimum atomic E-state index is -0.264. The molecule has 0 saturated heterocycles. The fourth-order valence-electron chi connectivity index (χ4n) is 3.16. The summed E-state index contributed by atoms with van der Waals surface area (Å²) in [7, 11) is 0. The number of pyridine rings is 1. The van der Waals surface area contributed by atoms with E-state index in [2.05, 4.69) is 45.9 Å². The van der Waals surface area contributed by atoms with E-state index in [1.165, 1.54) is 16.3 Å². The van der Waals surface area contributed by atoms with E-state index in [0.29, 0.717) is 17.6 Å². The molecule has 5 heteroatoms. The van der Waals surface area contributed by atoms with Gasteiger partial charge in [-0.2, -0.15) is 0 Å². The lowest BCUT2D eigenvalue weighted by atomic mass is 10.1. The van der Waals surface area contributed by atoms with Crippen LogP contribution in [0.15, 0.2) is 77.7 Å². The number of fused-ring (bicyclic) bond motifs is 2. The molecular weight excluding hydrogens is 338 g/mol. The average Bonchev–Trinajstić information content (AvgIpc) is 2.68. The Bertz CT molecular complexity index is 1180. The Kier molecular flexibility index (Phi) is 4.58. The largest absolute Gasteiger partial charge is 0.338 e. The number of nitrogens with one attached hydrogen (secondary N) is 3. The van der Waals surface area contributed by atoms with Crippen LogP contribution in [-0.4, -0.2) is 17.6 Å². The second-order valence-electron chi connectivity index (χ2n) is 6.42. The van der Waals surface area contributed by atoms with Crippen molar-refractivity contribution in [2.75, 3.05) is 11.9 Å². The van der Waals surface area contributed by atoms with Crippen LogP contribution in [0.2, 0.25) is 0 Å². The first-order valence-electron chi connectivity index (χ1n) is 8.83. The molecule has 1 aromatic heterocycles. The second kappa shape index (κ2) is 7.33. The highest BCUT2D eigenvalue weighted by atomic mass is 16.2. The summed E-state index contributed by atoms with van der Waals surface area (Å²) < 4.78 is 0. The molecule has 5 nitrogen and oxygen atoms in total. The van der Waals surface area contributed by atoms with Crippen LogP contribution in [0.5, 0.6) is 0 Å². The maximum absolute atomic E-state index is 12.1. The summed E-state index contributed by atoms with van der Waals surface area (Å²) in [6.45, 7) is 0.539. The smallest absolute Gasteiger partial charge is 0.319 e. The molecule has 0 radical (unpaired) electrons. The molecule has 0 fully saturated rings. The van der Waals surface area contributed by atoms with Gasteiger partial charge < -0.3 is 15.6 Å². The van der Waals surface area contributed by atoms with Crippen molar-refractivity contribution in [2.45, 2.75) is 6.42 Å². The predicted octanol–water partition coefficient (Wildman–Crippen LogP) is 4.05. The number of aromatic amines is 1. The number of amides is 2. The highest BCUT2D eigenvalue weighted by Crippen LogP contribution is 2.17.